The molecule has 1 N–H and O–H groups in total. The molecule has 1 aromatic rings. The molecule has 0 bridgehead atoms. The Morgan fingerprint density at radius 2 is 2.00 bits per heavy atom. The summed E-state index contributed by atoms with van der Waals surface area (Å²) < 4.78 is 0. The lowest BCUT2D eigenvalue weighted by Crippen LogP contribution is -2.33. The van der Waals surface area contributed by atoms with E-state index in [4.69, 9.17) is 5.11 Å². The van der Waals surface area contributed by atoms with Crippen molar-refractivity contribution in [2.75, 3.05) is 20.2 Å². The molecular weight excluding hydrogens is 220 g/mol. The van der Waals surface area contributed by atoms with Crippen LogP contribution in [0.4, 0.5) is 5.69 Å². The van der Waals surface area contributed by atoms with Gasteiger partial charge in [-0.05, 0) is 26.0 Å². The molecule has 1 aromatic carbocycles. The summed E-state index contributed by atoms with van der Waals surface area (Å²) in [6, 6.07) is 6.72. The van der Waals surface area contributed by atoms with E-state index >= 15 is 0 Å². The Bertz CT molecular complexity index is 365. The van der Waals surface area contributed by atoms with Crippen LogP contribution < -0.4 is 0 Å². The van der Waals surface area contributed by atoms with E-state index < -0.39 is 4.92 Å². The number of aliphatic hydroxyl groups is 1. The second-order valence-electron chi connectivity index (χ2n) is 4.19. The van der Waals surface area contributed by atoms with Crippen LogP contribution in [0.15, 0.2) is 24.3 Å². The van der Waals surface area contributed by atoms with Crippen LogP contribution in [0, 0.1) is 10.1 Å². The molecule has 5 nitrogen and oxygen atoms in total. The summed E-state index contributed by atoms with van der Waals surface area (Å²) in [5, 5.41) is 19.5. The van der Waals surface area contributed by atoms with E-state index in [1.165, 1.54) is 12.1 Å². The van der Waals surface area contributed by atoms with Gasteiger partial charge in [-0.15, -0.1) is 0 Å². The summed E-state index contributed by atoms with van der Waals surface area (Å²) in [6.07, 6.45) is 0.818. The van der Waals surface area contributed by atoms with E-state index in [0.29, 0.717) is 0 Å². The molecule has 94 valence electrons. The largest absolute Gasteiger partial charge is 0.395 e. The highest BCUT2D eigenvalue weighted by Crippen LogP contribution is 2.12. The van der Waals surface area contributed by atoms with Crippen molar-refractivity contribution in [2.45, 2.75) is 19.4 Å². The van der Waals surface area contributed by atoms with E-state index in [-0.39, 0.29) is 18.3 Å². The third-order valence-corrected chi connectivity index (χ3v) is 2.92. The van der Waals surface area contributed by atoms with Crippen molar-refractivity contribution in [1.29, 1.82) is 0 Å². The Morgan fingerprint density at radius 3 is 2.47 bits per heavy atom. The zero-order valence-corrected chi connectivity index (χ0v) is 10.2. The van der Waals surface area contributed by atoms with Crippen molar-refractivity contribution in [3.05, 3.63) is 39.9 Å². The quantitative estimate of drug-likeness (QED) is 0.601. The fourth-order valence-electron chi connectivity index (χ4n) is 1.45. The first-order valence-corrected chi connectivity index (χ1v) is 5.59. The Kier molecular flexibility index (Phi) is 5.06. The van der Waals surface area contributed by atoms with Crippen LogP contribution in [-0.4, -0.2) is 41.2 Å². The highest BCUT2D eigenvalue weighted by atomic mass is 16.6. The standard InChI is InChI=1S/C12H18N2O3/c1-10(9-15)13(2)8-7-11-3-5-12(6-4-11)14(16)17/h3-6,10,15H,7-9H2,1-2H3/t10-/m1/s1. The highest BCUT2D eigenvalue weighted by Gasteiger charge is 2.08. The van der Waals surface area contributed by atoms with Gasteiger partial charge in [-0.25, -0.2) is 0 Å². The Labute approximate surface area is 101 Å². The van der Waals surface area contributed by atoms with Gasteiger partial charge in [0.25, 0.3) is 5.69 Å². The van der Waals surface area contributed by atoms with Gasteiger partial charge < -0.3 is 10.0 Å². The fourth-order valence-corrected chi connectivity index (χ4v) is 1.45. The number of rotatable bonds is 6. The van der Waals surface area contributed by atoms with Crippen LogP contribution in [0.2, 0.25) is 0 Å². The van der Waals surface area contributed by atoms with Crippen molar-refractivity contribution in [3.8, 4) is 0 Å². The first-order valence-electron chi connectivity index (χ1n) is 5.59. The molecule has 17 heavy (non-hydrogen) atoms. The first-order chi connectivity index (χ1) is 8.04. The average Bonchev–Trinajstić information content (AvgIpc) is 2.35. The Hall–Kier alpha value is -1.46. The van der Waals surface area contributed by atoms with Crippen LogP contribution >= 0.6 is 0 Å². The van der Waals surface area contributed by atoms with Gasteiger partial charge in [-0.1, -0.05) is 12.1 Å². The molecule has 0 radical (unpaired) electrons. The van der Waals surface area contributed by atoms with Crippen molar-refractivity contribution in [1.82, 2.24) is 4.90 Å². The highest BCUT2D eigenvalue weighted by molar-refractivity contribution is 5.32. The monoisotopic (exact) mass is 238 g/mol. The molecule has 0 saturated heterocycles. The maximum atomic E-state index is 10.5. The molecule has 5 heteroatoms. The van der Waals surface area contributed by atoms with Crippen LogP contribution in [-0.2, 0) is 6.42 Å². The summed E-state index contributed by atoms with van der Waals surface area (Å²) in [5.74, 6) is 0. The fraction of sp³-hybridized carbons (Fsp3) is 0.500. The number of aliphatic hydroxyl groups excluding tert-OH is 1. The summed E-state index contributed by atoms with van der Waals surface area (Å²) in [4.78, 5) is 12.1. The maximum absolute atomic E-state index is 10.5. The van der Waals surface area contributed by atoms with E-state index in [1.54, 1.807) is 12.1 Å². The Morgan fingerprint density at radius 1 is 1.41 bits per heavy atom. The minimum Gasteiger partial charge on any atom is -0.395 e. The minimum absolute atomic E-state index is 0.117. The predicted octanol–water partition coefficient (Wildman–Crippen LogP) is 1.45. The number of nitro benzene ring substituents is 1. The third-order valence-electron chi connectivity index (χ3n) is 2.92. The summed E-state index contributed by atoms with van der Waals surface area (Å²) in [5.41, 5.74) is 1.18. The van der Waals surface area contributed by atoms with Gasteiger partial charge in [0.2, 0.25) is 0 Å². The van der Waals surface area contributed by atoms with Crippen molar-refractivity contribution in [3.63, 3.8) is 0 Å². The van der Waals surface area contributed by atoms with Gasteiger partial charge >= 0.3 is 0 Å². The second kappa shape index (κ2) is 6.32. The molecule has 0 aliphatic heterocycles. The van der Waals surface area contributed by atoms with Crippen LogP contribution in [0.5, 0.6) is 0 Å². The molecule has 0 fully saturated rings. The normalized spacial score (nSPS) is 12.7. The van der Waals surface area contributed by atoms with E-state index in [2.05, 4.69) is 4.90 Å². The summed E-state index contributed by atoms with van der Waals surface area (Å²) in [6.45, 7) is 2.91. The molecule has 1 atom stereocenters. The molecule has 0 aliphatic rings. The topological polar surface area (TPSA) is 66.6 Å². The maximum Gasteiger partial charge on any atom is 0.269 e. The first kappa shape index (κ1) is 13.6. The molecule has 0 unspecified atom stereocenters. The van der Waals surface area contributed by atoms with Gasteiger partial charge in [0.15, 0.2) is 0 Å². The Balaban J connectivity index is 2.50. The molecule has 0 saturated carbocycles. The molecule has 0 amide bonds. The van der Waals surface area contributed by atoms with Crippen LogP contribution in [0.3, 0.4) is 0 Å². The summed E-state index contributed by atoms with van der Waals surface area (Å²) >= 11 is 0. The van der Waals surface area contributed by atoms with E-state index in [0.717, 1.165) is 18.5 Å². The minimum atomic E-state index is -0.399. The summed E-state index contributed by atoms with van der Waals surface area (Å²) in [7, 11) is 1.95. The number of nitrogens with zero attached hydrogens (tertiary/aromatic N) is 2. The zero-order chi connectivity index (χ0) is 12.8. The molecule has 0 spiro atoms. The molecular formula is C12H18N2O3. The number of hydrogen-bond acceptors (Lipinski definition) is 4. The zero-order valence-electron chi connectivity index (χ0n) is 10.2. The van der Waals surface area contributed by atoms with Gasteiger partial charge in [0.05, 0.1) is 11.5 Å². The smallest absolute Gasteiger partial charge is 0.269 e. The van der Waals surface area contributed by atoms with E-state index in [9.17, 15) is 10.1 Å². The molecule has 0 aromatic heterocycles. The van der Waals surface area contributed by atoms with Crippen molar-refractivity contribution >= 4 is 5.69 Å². The number of benzene rings is 1. The number of likely N-dealkylation sites (N-methyl/N-ethyl adjacent to an activating group) is 1. The van der Waals surface area contributed by atoms with Gasteiger partial charge in [0, 0.05) is 24.7 Å². The lowest BCUT2D eigenvalue weighted by atomic mass is 10.1. The number of nitro groups is 1. The van der Waals surface area contributed by atoms with Crippen LogP contribution in [0.1, 0.15) is 12.5 Å². The van der Waals surface area contributed by atoms with Crippen molar-refractivity contribution in [2.24, 2.45) is 0 Å². The number of hydrogen-bond donors (Lipinski definition) is 1. The molecule has 1 rings (SSSR count). The van der Waals surface area contributed by atoms with Crippen LogP contribution in [0.25, 0.3) is 0 Å². The van der Waals surface area contributed by atoms with E-state index in [1.807, 2.05) is 14.0 Å². The number of non-ortho nitro benzene ring substituents is 1. The van der Waals surface area contributed by atoms with Crippen molar-refractivity contribution < 1.29 is 10.0 Å². The third kappa shape index (κ3) is 4.13. The predicted molar refractivity (Wildman–Crippen MR) is 66.0 cm³/mol. The molecule has 0 aliphatic carbocycles. The van der Waals surface area contributed by atoms with Gasteiger partial charge in [-0.2, -0.15) is 0 Å². The average molecular weight is 238 g/mol. The molecule has 0 heterocycles. The lowest BCUT2D eigenvalue weighted by Gasteiger charge is -2.22. The second-order valence-corrected chi connectivity index (χ2v) is 4.19. The lowest BCUT2D eigenvalue weighted by molar-refractivity contribution is -0.384. The van der Waals surface area contributed by atoms with Gasteiger partial charge in [-0.3, -0.25) is 10.1 Å². The van der Waals surface area contributed by atoms with Gasteiger partial charge in [0.1, 0.15) is 0 Å². The SMILES string of the molecule is C[C@H](CO)N(C)CCc1ccc([N+](=O)[O-])cc1.